The molecule has 0 saturated carbocycles. The number of carbonyl (C=O) groups excluding carboxylic acids is 4. The van der Waals surface area contributed by atoms with Gasteiger partial charge >= 0.3 is 117 Å². The molecule has 0 heterocycles. The van der Waals surface area contributed by atoms with Gasteiger partial charge in [-0.25, -0.2) is 0 Å². The average Bonchev–Trinajstić information content (AvgIpc) is 2.12. The van der Waals surface area contributed by atoms with Crippen LogP contribution in [0.15, 0.2) is 0 Å². The van der Waals surface area contributed by atoms with Gasteiger partial charge in [0.1, 0.15) is 0 Å². The van der Waals surface area contributed by atoms with E-state index in [1.54, 1.807) is 0 Å². The van der Waals surface area contributed by atoms with E-state index < -0.39 is 46.7 Å². The summed E-state index contributed by atoms with van der Waals surface area (Å²) < 4.78 is 13.8. The van der Waals surface area contributed by atoms with Gasteiger partial charge in [0.05, 0.1) is 0 Å². The molecule has 0 aromatic carbocycles. The summed E-state index contributed by atoms with van der Waals surface area (Å²) in [5.74, 6) is -2.71. The first-order valence-corrected chi connectivity index (χ1v) is 10.5. The van der Waals surface area contributed by atoms with Gasteiger partial charge in [-0.15, -0.1) is 0 Å². The Morgan fingerprint density at radius 2 is 1.00 bits per heavy atom. The molecule has 0 unspecified atom stereocenters. The summed E-state index contributed by atoms with van der Waals surface area (Å²) in [6.07, 6.45) is 0. The van der Waals surface area contributed by atoms with E-state index in [-0.39, 0.29) is 0 Å². The van der Waals surface area contributed by atoms with Crippen molar-refractivity contribution in [1.82, 2.24) is 0 Å². The molecule has 108 valence electrons. The van der Waals surface area contributed by atoms with Crippen LogP contribution in [0.3, 0.4) is 0 Å². The predicted molar refractivity (Wildman–Crippen MR) is 65.8 cm³/mol. The molecule has 0 N–H and O–H groups in total. The summed E-state index contributed by atoms with van der Waals surface area (Å²) in [4.78, 5) is 45.4. The van der Waals surface area contributed by atoms with Crippen molar-refractivity contribution in [1.29, 1.82) is 0 Å². The minimum absolute atomic E-state index is 0.396. The van der Waals surface area contributed by atoms with Crippen LogP contribution in [0.2, 0.25) is 3.43 Å². The van der Waals surface area contributed by atoms with Crippen LogP contribution in [0, 0.1) is 0 Å². The van der Waals surface area contributed by atoms with Crippen molar-refractivity contribution in [3.05, 3.63) is 0 Å². The molecule has 0 aliphatic carbocycles. The van der Waals surface area contributed by atoms with Crippen molar-refractivity contribution in [2.45, 2.75) is 45.0 Å². The van der Waals surface area contributed by atoms with Gasteiger partial charge < -0.3 is 0 Å². The van der Waals surface area contributed by atoms with Crippen LogP contribution in [-0.2, 0) is 28.4 Å². The summed E-state index contributed by atoms with van der Waals surface area (Å²) in [6.45, 7) is 7.39. The van der Waals surface area contributed by atoms with E-state index in [0.29, 0.717) is 0 Å². The van der Waals surface area contributed by atoms with Crippen LogP contribution in [0.1, 0.15) is 41.5 Å². The van der Waals surface area contributed by atoms with Crippen LogP contribution in [0.5, 0.6) is 0 Å². The number of Topliss-reactive ketones (excluding diaryl/α,β-unsaturated/α-hetero) is 1. The second-order valence-corrected chi connectivity index (χ2v) is 13.0. The van der Waals surface area contributed by atoms with E-state index in [9.17, 15) is 19.2 Å². The molecule has 0 atom stereocenters. The van der Waals surface area contributed by atoms with E-state index in [2.05, 4.69) is 0 Å². The minimum atomic E-state index is -5.07. The monoisotopic (exact) mass is 382 g/mol. The van der Waals surface area contributed by atoms with Gasteiger partial charge in [-0.3, -0.25) is 0 Å². The van der Waals surface area contributed by atoms with Gasteiger partial charge in [0.2, 0.25) is 0 Å². The van der Waals surface area contributed by atoms with E-state index >= 15 is 0 Å². The number of rotatable bonds is 5. The van der Waals surface area contributed by atoms with Gasteiger partial charge in [0.25, 0.3) is 0 Å². The summed E-state index contributed by atoms with van der Waals surface area (Å²) in [7, 11) is 0. The number of hydrogen-bond donors (Lipinski definition) is 0. The standard InChI is InChI=1S/C5H9O.3C2H4O2.Sn/c1-4(2)5(3)6;3*1-2(3)4;/h1-3H3;3*1H3,(H,3,4);/q;;;;+3/p-3. The zero-order valence-corrected chi connectivity index (χ0v) is 14.7. The van der Waals surface area contributed by atoms with Crippen LogP contribution >= 0.6 is 0 Å². The first-order valence-electron chi connectivity index (χ1n) is 5.54. The zero-order valence-electron chi connectivity index (χ0n) is 11.9. The summed E-state index contributed by atoms with van der Waals surface area (Å²) in [6, 6.07) is 0. The van der Waals surface area contributed by atoms with Crippen molar-refractivity contribution in [3.8, 4) is 0 Å². The van der Waals surface area contributed by atoms with Crippen LogP contribution in [0.25, 0.3) is 0 Å². The quantitative estimate of drug-likeness (QED) is 0.656. The maximum atomic E-state index is 11.7. The van der Waals surface area contributed by atoms with E-state index in [1.165, 1.54) is 20.8 Å². The second kappa shape index (κ2) is 6.35. The van der Waals surface area contributed by atoms with Gasteiger partial charge in [0, 0.05) is 0 Å². The molecule has 0 bridgehead atoms. The molecular weight excluding hydrogens is 363 g/mol. The molecule has 0 rings (SSSR count). The third-order valence-electron chi connectivity index (χ3n) is 2.48. The van der Waals surface area contributed by atoms with Crippen LogP contribution < -0.4 is 0 Å². The van der Waals surface area contributed by atoms with Crippen molar-refractivity contribution >= 4 is 43.3 Å². The molecule has 0 saturated heterocycles. The Morgan fingerprint density at radius 1 is 0.737 bits per heavy atom. The van der Waals surface area contributed by atoms with Gasteiger partial charge in [-0.05, 0) is 0 Å². The Kier molecular flexibility index (Phi) is 5.98. The molecule has 0 aliphatic rings. The average molecular weight is 381 g/mol. The summed E-state index contributed by atoms with van der Waals surface area (Å²) >= 11 is -5.07. The van der Waals surface area contributed by atoms with Crippen molar-refractivity contribution in [2.75, 3.05) is 0 Å². The Morgan fingerprint density at radius 3 is 1.16 bits per heavy atom. The maximum absolute atomic E-state index is 11.7. The molecule has 0 aromatic rings. The molecule has 0 aromatic heterocycles. The second-order valence-electron chi connectivity index (χ2n) is 4.52. The number of carbonyl (C=O) groups is 4. The van der Waals surface area contributed by atoms with E-state index in [4.69, 9.17) is 9.22 Å². The van der Waals surface area contributed by atoms with Crippen molar-refractivity contribution < 1.29 is 28.4 Å². The zero-order chi connectivity index (χ0) is 15.4. The SMILES string of the molecule is CC(=O)[O][Sn]([O]C(C)=O)([O]C(C)=O)[C](C)(C)C(C)=O. The van der Waals surface area contributed by atoms with Crippen molar-refractivity contribution in [2.24, 2.45) is 0 Å². The molecule has 0 aliphatic heterocycles. The van der Waals surface area contributed by atoms with Gasteiger partial charge in [0.15, 0.2) is 0 Å². The van der Waals surface area contributed by atoms with E-state index in [1.807, 2.05) is 0 Å². The Hall–Kier alpha value is -1.12. The van der Waals surface area contributed by atoms with Crippen molar-refractivity contribution in [3.63, 3.8) is 0 Å². The predicted octanol–water partition coefficient (Wildman–Crippen LogP) is 0.984. The Labute approximate surface area is 117 Å². The molecular formula is C11H18O7Sn. The fourth-order valence-electron chi connectivity index (χ4n) is 1.23. The summed E-state index contributed by atoms with van der Waals surface area (Å²) in [5.41, 5.74) is 0. The molecule has 0 radical (unpaired) electrons. The van der Waals surface area contributed by atoms with Crippen LogP contribution in [0.4, 0.5) is 0 Å². The fourth-order valence-corrected chi connectivity index (χ4v) is 8.24. The van der Waals surface area contributed by atoms with E-state index in [0.717, 1.165) is 20.8 Å². The number of ketones is 1. The molecule has 7 nitrogen and oxygen atoms in total. The number of hydrogen-bond acceptors (Lipinski definition) is 7. The van der Waals surface area contributed by atoms with Gasteiger partial charge in [-0.2, -0.15) is 0 Å². The topological polar surface area (TPSA) is 96.0 Å². The Bertz CT molecular complexity index is 372. The first-order chi connectivity index (χ1) is 8.44. The first kappa shape index (κ1) is 17.9. The van der Waals surface area contributed by atoms with Gasteiger partial charge in [-0.1, -0.05) is 0 Å². The Balaban J connectivity index is 5.85. The molecule has 0 fully saturated rings. The molecule has 8 heteroatoms. The summed E-state index contributed by atoms with van der Waals surface area (Å²) in [5, 5.41) is 0. The normalized spacial score (nSPS) is 11.5. The van der Waals surface area contributed by atoms with Crippen LogP contribution in [-0.4, -0.2) is 43.3 Å². The molecule has 19 heavy (non-hydrogen) atoms. The molecule has 0 amide bonds. The molecule has 0 spiro atoms. The third-order valence-corrected chi connectivity index (χ3v) is 12.6. The fraction of sp³-hybridized carbons (Fsp3) is 0.636. The third kappa shape index (κ3) is 4.48.